The lowest BCUT2D eigenvalue weighted by atomic mass is 10.2. The van der Waals surface area contributed by atoms with Crippen molar-refractivity contribution in [2.24, 2.45) is 5.10 Å². The fraction of sp³-hybridized carbons (Fsp3) is 0.0526. The predicted molar refractivity (Wildman–Crippen MR) is 108 cm³/mol. The Kier molecular flexibility index (Phi) is 6.16. The van der Waals surface area contributed by atoms with Gasteiger partial charge in [0.1, 0.15) is 11.6 Å². The average Bonchev–Trinajstić information content (AvgIpc) is 3.07. The molecule has 138 valence electrons. The topological polar surface area (TPSA) is 41.4 Å². The molecule has 0 saturated carbocycles. The Labute approximate surface area is 165 Å². The molecule has 0 atom stereocenters. The largest absolute Gasteiger partial charge is 0.342 e. The van der Waals surface area contributed by atoms with Crippen molar-refractivity contribution in [3.63, 3.8) is 0 Å². The van der Waals surface area contributed by atoms with Crippen LogP contribution in [0.25, 0.3) is 0 Å². The standard InChI is InChI=1S/C19H15ClF2N4S/c20-16-10-14(7-8-18(16)22)24-19(27)25-23-11-15-5-3-9-26(15)12-13-4-1-2-6-17(13)21/h1-11H,12H2,(H2,24,25,27)/b23-11+. The van der Waals surface area contributed by atoms with Gasteiger partial charge in [-0.2, -0.15) is 5.10 Å². The number of thiocarbonyl (C=S) groups is 1. The quantitative estimate of drug-likeness (QED) is 0.365. The maximum atomic E-state index is 13.8. The number of nitrogens with zero attached hydrogens (tertiary/aromatic N) is 2. The summed E-state index contributed by atoms with van der Waals surface area (Å²) in [6, 6.07) is 14.5. The van der Waals surface area contributed by atoms with E-state index < -0.39 is 5.82 Å². The SMILES string of the molecule is Fc1ccc(NC(=S)N/N=C/c2cccn2Cc2ccccc2F)cc1Cl. The highest BCUT2D eigenvalue weighted by molar-refractivity contribution is 7.80. The smallest absolute Gasteiger partial charge is 0.191 e. The molecule has 2 N–H and O–H groups in total. The maximum Gasteiger partial charge on any atom is 0.191 e. The molecule has 0 bridgehead atoms. The van der Waals surface area contributed by atoms with E-state index in [1.54, 1.807) is 24.4 Å². The summed E-state index contributed by atoms with van der Waals surface area (Å²) in [5.74, 6) is -0.759. The molecule has 8 heteroatoms. The number of hydrogen-bond acceptors (Lipinski definition) is 2. The minimum Gasteiger partial charge on any atom is -0.342 e. The molecular weight excluding hydrogens is 390 g/mol. The molecule has 0 amide bonds. The molecule has 27 heavy (non-hydrogen) atoms. The summed E-state index contributed by atoms with van der Waals surface area (Å²) in [5.41, 5.74) is 4.57. The summed E-state index contributed by atoms with van der Waals surface area (Å²) in [7, 11) is 0. The van der Waals surface area contributed by atoms with E-state index in [-0.39, 0.29) is 16.0 Å². The molecule has 2 aromatic carbocycles. The van der Waals surface area contributed by atoms with Crippen LogP contribution in [0.5, 0.6) is 0 Å². The first-order valence-electron chi connectivity index (χ1n) is 7.96. The first kappa shape index (κ1) is 19.0. The summed E-state index contributed by atoms with van der Waals surface area (Å²) in [6.07, 6.45) is 3.41. The zero-order valence-corrected chi connectivity index (χ0v) is 15.6. The highest BCUT2D eigenvalue weighted by Crippen LogP contribution is 2.19. The van der Waals surface area contributed by atoms with E-state index in [4.69, 9.17) is 23.8 Å². The summed E-state index contributed by atoms with van der Waals surface area (Å²) in [5, 5.41) is 7.15. The number of rotatable bonds is 5. The monoisotopic (exact) mass is 404 g/mol. The number of anilines is 1. The molecule has 0 spiro atoms. The van der Waals surface area contributed by atoms with E-state index in [0.29, 0.717) is 17.8 Å². The fourth-order valence-electron chi connectivity index (χ4n) is 2.39. The van der Waals surface area contributed by atoms with Crippen LogP contribution < -0.4 is 10.7 Å². The van der Waals surface area contributed by atoms with Gasteiger partial charge in [0.05, 0.1) is 23.5 Å². The van der Waals surface area contributed by atoms with Gasteiger partial charge in [-0.15, -0.1) is 0 Å². The molecule has 3 rings (SSSR count). The molecule has 1 aromatic heterocycles. The van der Waals surface area contributed by atoms with Crippen LogP contribution in [-0.2, 0) is 6.54 Å². The molecule has 0 unspecified atom stereocenters. The van der Waals surface area contributed by atoms with E-state index in [2.05, 4.69) is 15.8 Å². The van der Waals surface area contributed by atoms with Crippen molar-refractivity contribution in [1.82, 2.24) is 9.99 Å². The fourth-order valence-corrected chi connectivity index (χ4v) is 2.74. The van der Waals surface area contributed by atoms with Gasteiger partial charge in [-0.05, 0) is 48.6 Å². The third-order valence-electron chi connectivity index (χ3n) is 3.70. The van der Waals surface area contributed by atoms with Gasteiger partial charge in [-0.1, -0.05) is 29.8 Å². The zero-order chi connectivity index (χ0) is 19.2. The number of hydrogen-bond donors (Lipinski definition) is 2. The van der Waals surface area contributed by atoms with Crippen LogP contribution in [0.3, 0.4) is 0 Å². The Balaban J connectivity index is 1.60. The predicted octanol–water partition coefficient (Wildman–Crippen LogP) is 4.79. The van der Waals surface area contributed by atoms with Crippen molar-refractivity contribution in [1.29, 1.82) is 0 Å². The Morgan fingerprint density at radius 1 is 1.11 bits per heavy atom. The highest BCUT2D eigenvalue weighted by Gasteiger charge is 2.05. The molecule has 0 aliphatic rings. The van der Waals surface area contributed by atoms with Gasteiger partial charge >= 0.3 is 0 Å². The number of aromatic nitrogens is 1. The third-order valence-corrected chi connectivity index (χ3v) is 4.19. The van der Waals surface area contributed by atoms with Crippen molar-refractivity contribution in [3.05, 3.63) is 88.7 Å². The molecule has 3 aromatic rings. The van der Waals surface area contributed by atoms with Crippen molar-refractivity contribution in [2.75, 3.05) is 5.32 Å². The minimum absolute atomic E-state index is 0.00253. The lowest BCUT2D eigenvalue weighted by Gasteiger charge is -2.09. The number of hydrazone groups is 1. The van der Waals surface area contributed by atoms with Gasteiger partial charge in [0, 0.05) is 17.4 Å². The molecular formula is C19H15ClF2N4S. The number of halogens is 3. The van der Waals surface area contributed by atoms with Gasteiger partial charge in [0.15, 0.2) is 5.11 Å². The Morgan fingerprint density at radius 3 is 2.70 bits per heavy atom. The van der Waals surface area contributed by atoms with Crippen LogP contribution in [-0.4, -0.2) is 15.9 Å². The summed E-state index contributed by atoms with van der Waals surface area (Å²) >= 11 is 10.9. The van der Waals surface area contributed by atoms with Gasteiger partial charge < -0.3 is 9.88 Å². The van der Waals surface area contributed by atoms with Crippen LogP contribution in [0.2, 0.25) is 5.02 Å². The minimum atomic E-state index is -0.505. The average molecular weight is 405 g/mol. The second-order valence-corrected chi connectivity index (χ2v) is 6.42. The lowest BCUT2D eigenvalue weighted by molar-refractivity contribution is 0.599. The van der Waals surface area contributed by atoms with Crippen LogP contribution in [0.1, 0.15) is 11.3 Å². The molecule has 0 saturated heterocycles. The molecule has 0 aliphatic carbocycles. The Hall–Kier alpha value is -2.77. The third kappa shape index (κ3) is 5.12. The van der Waals surface area contributed by atoms with E-state index in [0.717, 1.165) is 5.69 Å². The van der Waals surface area contributed by atoms with Crippen molar-refractivity contribution < 1.29 is 8.78 Å². The van der Waals surface area contributed by atoms with Crippen molar-refractivity contribution in [2.45, 2.75) is 6.54 Å². The first-order valence-corrected chi connectivity index (χ1v) is 8.75. The molecule has 0 aliphatic heterocycles. The van der Waals surface area contributed by atoms with Gasteiger partial charge in [-0.25, -0.2) is 8.78 Å². The summed E-state index contributed by atoms with van der Waals surface area (Å²) in [6.45, 7) is 0.387. The molecule has 1 heterocycles. The van der Waals surface area contributed by atoms with Crippen molar-refractivity contribution >= 4 is 40.8 Å². The Bertz CT molecular complexity index is 987. The number of nitrogens with one attached hydrogen (secondary N) is 2. The summed E-state index contributed by atoms with van der Waals surface area (Å²) < 4.78 is 28.8. The summed E-state index contributed by atoms with van der Waals surface area (Å²) in [4.78, 5) is 0. The van der Waals surface area contributed by atoms with Crippen molar-refractivity contribution in [3.8, 4) is 0 Å². The van der Waals surface area contributed by atoms with E-state index in [1.165, 1.54) is 24.3 Å². The van der Waals surface area contributed by atoms with Crippen LogP contribution in [0, 0.1) is 11.6 Å². The normalized spacial score (nSPS) is 10.9. The van der Waals surface area contributed by atoms with Gasteiger partial charge in [-0.3, -0.25) is 5.43 Å². The van der Waals surface area contributed by atoms with Crippen LogP contribution in [0.15, 0.2) is 65.9 Å². The zero-order valence-electron chi connectivity index (χ0n) is 14.0. The first-order chi connectivity index (χ1) is 13.0. The van der Waals surface area contributed by atoms with E-state index in [1.807, 2.05) is 22.9 Å². The highest BCUT2D eigenvalue weighted by atomic mass is 35.5. The Morgan fingerprint density at radius 2 is 1.93 bits per heavy atom. The van der Waals surface area contributed by atoms with E-state index >= 15 is 0 Å². The molecule has 0 radical (unpaired) electrons. The molecule has 4 nitrogen and oxygen atoms in total. The second-order valence-electron chi connectivity index (χ2n) is 5.61. The van der Waals surface area contributed by atoms with E-state index in [9.17, 15) is 8.78 Å². The van der Waals surface area contributed by atoms with Crippen LogP contribution >= 0.6 is 23.8 Å². The van der Waals surface area contributed by atoms with Gasteiger partial charge in [0.25, 0.3) is 0 Å². The van der Waals surface area contributed by atoms with Gasteiger partial charge in [0.2, 0.25) is 0 Å². The second kappa shape index (κ2) is 8.75. The maximum absolute atomic E-state index is 13.8. The van der Waals surface area contributed by atoms with Crippen LogP contribution in [0.4, 0.5) is 14.5 Å². The number of benzene rings is 2. The lowest BCUT2D eigenvalue weighted by Crippen LogP contribution is -2.24. The molecule has 0 fully saturated rings.